The molecule has 0 radical (unpaired) electrons. The highest BCUT2D eigenvalue weighted by Crippen LogP contribution is 2.28. The van der Waals surface area contributed by atoms with Crippen LogP contribution in [0.25, 0.3) is 0 Å². The summed E-state index contributed by atoms with van der Waals surface area (Å²) in [7, 11) is 1.50. The summed E-state index contributed by atoms with van der Waals surface area (Å²) in [5, 5.41) is 0. The highest BCUT2D eigenvalue weighted by molar-refractivity contribution is 5.77. The van der Waals surface area contributed by atoms with Crippen molar-refractivity contribution in [1.29, 1.82) is 0 Å². The van der Waals surface area contributed by atoms with Gasteiger partial charge in [-0.25, -0.2) is 9.18 Å². The number of esters is 1. The summed E-state index contributed by atoms with van der Waals surface area (Å²) in [4.78, 5) is 11.3. The van der Waals surface area contributed by atoms with Gasteiger partial charge in [0.25, 0.3) is 0 Å². The van der Waals surface area contributed by atoms with E-state index in [-0.39, 0.29) is 12.2 Å². The number of carbonyl (C=O) groups excluding carboxylic acids is 1. The van der Waals surface area contributed by atoms with Crippen LogP contribution in [0.15, 0.2) is 18.2 Å². The highest BCUT2D eigenvalue weighted by atomic mass is 19.1. The molecule has 1 rings (SSSR count). The summed E-state index contributed by atoms with van der Waals surface area (Å²) < 4.78 is 23.5. The zero-order chi connectivity index (χ0) is 12.1. The molecule has 1 unspecified atom stereocenters. The minimum Gasteiger partial charge on any atom is -0.496 e. The van der Waals surface area contributed by atoms with Crippen LogP contribution in [-0.4, -0.2) is 19.7 Å². The number of rotatable bonds is 4. The van der Waals surface area contributed by atoms with E-state index in [9.17, 15) is 9.18 Å². The quantitative estimate of drug-likeness (QED) is 0.740. The molecule has 0 fully saturated rings. The Hall–Kier alpha value is -1.58. The molecular weight excluding hydrogens is 211 g/mol. The molecule has 0 aliphatic heterocycles. The fraction of sp³-hybridized carbons (Fsp3) is 0.417. The Kier molecular flexibility index (Phi) is 4.28. The summed E-state index contributed by atoms with van der Waals surface area (Å²) in [5.74, 6) is -0.302. The van der Waals surface area contributed by atoms with Crippen LogP contribution in [-0.2, 0) is 9.53 Å². The number of ether oxygens (including phenoxy) is 2. The van der Waals surface area contributed by atoms with Gasteiger partial charge in [0.15, 0.2) is 0 Å². The summed E-state index contributed by atoms with van der Waals surface area (Å²) >= 11 is 0. The Morgan fingerprint density at radius 1 is 1.50 bits per heavy atom. The Morgan fingerprint density at radius 3 is 2.75 bits per heavy atom. The molecule has 4 heteroatoms. The zero-order valence-electron chi connectivity index (χ0n) is 9.62. The van der Waals surface area contributed by atoms with Crippen LogP contribution in [0.1, 0.15) is 24.2 Å². The van der Waals surface area contributed by atoms with Crippen LogP contribution in [0.2, 0.25) is 0 Å². The van der Waals surface area contributed by atoms with Crippen molar-refractivity contribution < 1.29 is 18.7 Å². The van der Waals surface area contributed by atoms with Crippen LogP contribution in [0.5, 0.6) is 5.75 Å². The van der Waals surface area contributed by atoms with E-state index in [0.29, 0.717) is 11.3 Å². The molecule has 0 aliphatic rings. The SMILES string of the molecule is CCOC(=O)C(F)c1cccc(OC)c1C. The van der Waals surface area contributed by atoms with E-state index in [1.54, 1.807) is 32.0 Å². The molecule has 1 aromatic rings. The van der Waals surface area contributed by atoms with Gasteiger partial charge in [-0.3, -0.25) is 0 Å². The van der Waals surface area contributed by atoms with E-state index in [1.165, 1.54) is 7.11 Å². The number of benzene rings is 1. The van der Waals surface area contributed by atoms with Gasteiger partial charge in [0, 0.05) is 5.56 Å². The predicted octanol–water partition coefficient (Wildman–Crippen LogP) is 2.58. The normalized spacial score (nSPS) is 12.0. The molecule has 3 nitrogen and oxygen atoms in total. The second-order valence-corrected chi connectivity index (χ2v) is 3.29. The average molecular weight is 226 g/mol. The molecule has 1 atom stereocenters. The fourth-order valence-electron chi connectivity index (χ4n) is 1.47. The van der Waals surface area contributed by atoms with Crippen molar-refractivity contribution in [2.75, 3.05) is 13.7 Å². The predicted molar refractivity (Wildman–Crippen MR) is 58.2 cm³/mol. The lowest BCUT2D eigenvalue weighted by Crippen LogP contribution is -2.13. The minimum atomic E-state index is -1.75. The molecule has 1 aromatic carbocycles. The molecule has 16 heavy (non-hydrogen) atoms. The van der Waals surface area contributed by atoms with Crippen molar-refractivity contribution in [2.24, 2.45) is 0 Å². The second-order valence-electron chi connectivity index (χ2n) is 3.29. The maximum absolute atomic E-state index is 13.8. The molecule has 0 saturated carbocycles. The lowest BCUT2D eigenvalue weighted by atomic mass is 10.0. The van der Waals surface area contributed by atoms with Crippen LogP contribution >= 0.6 is 0 Å². The Labute approximate surface area is 94.2 Å². The molecule has 0 aliphatic carbocycles. The standard InChI is InChI=1S/C12H15FO3/c1-4-16-12(14)11(13)9-6-5-7-10(15-3)8(9)2/h5-7,11H,4H2,1-3H3. The van der Waals surface area contributed by atoms with E-state index in [0.717, 1.165) is 0 Å². The van der Waals surface area contributed by atoms with Crippen molar-refractivity contribution in [3.05, 3.63) is 29.3 Å². The number of hydrogen-bond acceptors (Lipinski definition) is 3. The lowest BCUT2D eigenvalue weighted by Gasteiger charge is -2.13. The summed E-state index contributed by atoms with van der Waals surface area (Å²) in [5.41, 5.74) is 0.906. The number of hydrogen-bond donors (Lipinski definition) is 0. The van der Waals surface area contributed by atoms with E-state index >= 15 is 0 Å². The Bertz CT molecular complexity index is 377. The van der Waals surface area contributed by atoms with E-state index in [1.807, 2.05) is 0 Å². The van der Waals surface area contributed by atoms with Crippen molar-refractivity contribution in [1.82, 2.24) is 0 Å². The molecule has 0 saturated heterocycles. The third-order valence-electron chi connectivity index (χ3n) is 2.31. The molecular formula is C12H15FO3. The van der Waals surface area contributed by atoms with Crippen molar-refractivity contribution in [3.63, 3.8) is 0 Å². The fourth-order valence-corrected chi connectivity index (χ4v) is 1.47. The van der Waals surface area contributed by atoms with Crippen LogP contribution in [0, 0.1) is 6.92 Å². The minimum absolute atomic E-state index is 0.169. The van der Waals surface area contributed by atoms with Gasteiger partial charge in [-0.05, 0) is 25.5 Å². The van der Waals surface area contributed by atoms with Gasteiger partial charge in [0.05, 0.1) is 13.7 Å². The van der Waals surface area contributed by atoms with Gasteiger partial charge >= 0.3 is 5.97 Å². The third kappa shape index (κ3) is 2.51. The number of methoxy groups -OCH3 is 1. The Balaban J connectivity index is 2.99. The molecule has 0 amide bonds. The first-order valence-electron chi connectivity index (χ1n) is 5.06. The first-order valence-corrected chi connectivity index (χ1v) is 5.06. The number of carbonyl (C=O) groups is 1. The van der Waals surface area contributed by atoms with Crippen molar-refractivity contribution >= 4 is 5.97 Å². The first-order chi connectivity index (χ1) is 7.61. The molecule has 0 spiro atoms. The van der Waals surface area contributed by atoms with Gasteiger partial charge in [0.1, 0.15) is 5.75 Å². The first kappa shape index (κ1) is 12.5. The average Bonchev–Trinajstić information content (AvgIpc) is 2.29. The van der Waals surface area contributed by atoms with Gasteiger partial charge in [-0.2, -0.15) is 0 Å². The van der Waals surface area contributed by atoms with Gasteiger partial charge in [-0.1, -0.05) is 12.1 Å². The van der Waals surface area contributed by atoms with Gasteiger partial charge in [0.2, 0.25) is 6.17 Å². The molecule has 0 heterocycles. The summed E-state index contributed by atoms with van der Waals surface area (Å²) in [6, 6.07) is 4.92. The largest absolute Gasteiger partial charge is 0.496 e. The molecule has 0 bridgehead atoms. The molecule has 88 valence electrons. The maximum Gasteiger partial charge on any atom is 0.345 e. The van der Waals surface area contributed by atoms with Gasteiger partial charge < -0.3 is 9.47 Å². The van der Waals surface area contributed by atoms with E-state index < -0.39 is 12.1 Å². The van der Waals surface area contributed by atoms with Crippen molar-refractivity contribution in [3.8, 4) is 5.75 Å². The van der Waals surface area contributed by atoms with Crippen LogP contribution in [0.3, 0.4) is 0 Å². The van der Waals surface area contributed by atoms with Crippen molar-refractivity contribution in [2.45, 2.75) is 20.0 Å². The van der Waals surface area contributed by atoms with E-state index in [2.05, 4.69) is 4.74 Å². The smallest absolute Gasteiger partial charge is 0.345 e. The zero-order valence-corrected chi connectivity index (χ0v) is 9.62. The Morgan fingerprint density at radius 2 is 2.19 bits per heavy atom. The van der Waals surface area contributed by atoms with Gasteiger partial charge in [-0.15, -0.1) is 0 Å². The topological polar surface area (TPSA) is 35.5 Å². The highest BCUT2D eigenvalue weighted by Gasteiger charge is 2.23. The second kappa shape index (κ2) is 5.49. The number of alkyl halides is 1. The summed E-state index contributed by atoms with van der Waals surface area (Å²) in [6.45, 7) is 3.52. The third-order valence-corrected chi connectivity index (χ3v) is 2.31. The number of halogens is 1. The van der Waals surface area contributed by atoms with E-state index in [4.69, 9.17) is 4.74 Å². The molecule has 0 aromatic heterocycles. The molecule has 0 N–H and O–H groups in total. The monoisotopic (exact) mass is 226 g/mol. The van der Waals surface area contributed by atoms with Crippen LogP contribution in [0.4, 0.5) is 4.39 Å². The summed E-state index contributed by atoms with van der Waals surface area (Å²) in [6.07, 6.45) is -1.75. The lowest BCUT2D eigenvalue weighted by molar-refractivity contribution is -0.149. The van der Waals surface area contributed by atoms with Crippen LogP contribution < -0.4 is 4.74 Å². The maximum atomic E-state index is 13.8.